The smallest absolute Gasteiger partial charge is 0.251 e. The Balaban J connectivity index is 1.92. The van der Waals surface area contributed by atoms with Crippen molar-refractivity contribution in [3.05, 3.63) is 40.9 Å². The highest BCUT2D eigenvalue weighted by atomic mass is 32.1. The van der Waals surface area contributed by atoms with Crippen molar-refractivity contribution in [1.82, 2.24) is 15.5 Å². The summed E-state index contributed by atoms with van der Waals surface area (Å²) in [7, 11) is 0. The van der Waals surface area contributed by atoms with Gasteiger partial charge in [-0.15, -0.1) is 10.2 Å². The molecule has 2 aromatic rings. The molecular formula is C13H14N4O2S. The van der Waals surface area contributed by atoms with E-state index < -0.39 is 6.04 Å². The number of aryl methyl sites for hydroxylation is 1. The lowest BCUT2D eigenvalue weighted by Gasteiger charge is -2.12. The van der Waals surface area contributed by atoms with Gasteiger partial charge in [-0.05, 0) is 26.0 Å². The summed E-state index contributed by atoms with van der Waals surface area (Å²) >= 11 is 1.28. The number of anilines is 1. The van der Waals surface area contributed by atoms with Crippen LogP contribution in [0.3, 0.4) is 0 Å². The number of benzene rings is 1. The number of hydrogen-bond acceptors (Lipinski definition) is 5. The van der Waals surface area contributed by atoms with E-state index in [9.17, 15) is 9.59 Å². The number of amides is 2. The summed E-state index contributed by atoms with van der Waals surface area (Å²) in [4.78, 5) is 23.8. The second-order valence-electron chi connectivity index (χ2n) is 4.18. The first-order valence-electron chi connectivity index (χ1n) is 6.03. The highest BCUT2D eigenvalue weighted by molar-refractivity contribution is 7.15. The molecule has 0 radical (unpaired) electrons. The van der Waals surface area contributed by atoms with Gasteiger partial charge in [0.2, 0.25) is 11.0 Å². The summed E-state index contributed by atoms with van der Waals surface area (Å²) < 4.78 is 0. The van der Waals surface area contributed by atoms with Crippen LogP contribution in [0.1, 0.15) is 22.3 Å². The van der Waals surface area contributed by atoms with Gasteiger partial charge >= 0.3 is 0 Å². The summed E-state index contributed by atoms with van der Waals surface area (Å²) in [5, 5.41) is 14.0. The Labute approximate surface area is 120 Å². The molecule has 0 bridgehead atoms. The van der Waals surface area contributed by atoms with Gasteiger partial charge in [-0.25, -0.2) is 0 Å². The van der Waals surface area contributed by atoms with Gasteiger partial charge < -0.3 is 5.32 Å². The van der Waals surface area contributed by atoms with Gasteiger partial charge in [0.05, 0.1) is 0 Å². The van der Waals surface area contributed by atoms with Crippen LogP contribution < -0.4 is 10.6 Å². The number of nitrogens with one attached hydrogen (secondary N) is 2. The summed E-state index contributed by atoms with van der Waals surface area (Å²) in [6.45, 7) is 3.41. The molecule has 2 amide bonds. The van der Waals surface area contributed by atoms with Crippen molar-refractivity contribution in [3.8, 4) is 0 Å². The first kappa shape index (κ1) is 14.1. The van der Waals surface area contributed by atoms with Crippen LogP contribution in [0.25, 0.3) is 0 Å². The average molecular weight is 290 g/mol. The zero-order chi connectivity index (χ0) is 14.5. The Morgan fingerprint density at radius 2 is 1.90 bits per heavy atom. The molecule has 1 aromatic carbocycles. The zero-order valence-electron chi connectivity index (χ0n) is 11.1. The monoisotopic (exact) mass is 290 g/mol. The lowest BCUT2D eigenvalue weighted by Crippen LogP contribution is -2.41. The maximum Gasteiger partial charge on any atom is 0.251 e. The largest absolute Gasteiger partial charge is 0.341 e. The van der Waals surface area contributed by atoms with Crippen molar-refractivity contribution in [3.63, 3.8) is 0 Å². The molecular weight excluding hydrogens is 276 g/mol. The lowest BCUT2D eigenvalue weighted by molar-refractivity contribution is -0.117. The van der Waals surface area contributed by atoms with Gasteiger partial charge in [-0.3, -0.25) is 14.9 Å². The average Bonchev–Trinajstić information content (AvgIpc) is 2.85. The molecule has 0 aliphatic rings. The zero-order valence-corrected chi connectivity index (χ0v) is 11.9. The van der Waals surface area contributed by atoms with Crippen molar-refractivity contribution in [2.24, 2.45) is 0 Å². The van der Waals surface area contributed by atoms with Gasteiger partial charge in [0, 0.05) is 5.56 Å². The second-order valence-corrected chi connectivity index (χ2v) is 5.36. The number of nitrogens with zero attached hydrogens (tertiary/aromatic N) is 2. The van der Waals surface area contributed by atoms with Crippen molar-refractivity contribution in [2.75, 3.05) is 5.32 Å². The van der Waals surface area contributed by atoms with E-state index in [1.54, 1.807) is 38.1 Å². The Kier molecular flexibility index (Phi) is 4.41. The van der Waals surface area contributed by atoms with Gasteiger partial charge in [-0.2, -0.15) is 0 Å². The van der Waals surface area contributed by atoms with Crippen molar-refractivity contribution in [2.45, 2.75) is 19.9 Å². The number of carbonyl (C=O) groups is 2. The molecule has 0 fully saturated rings. The fraction of sp³-hybridized carbons (Fsp3) is 0.231. The maximum absolute atomic E-state index is 11.9. The third-order valence-electron chi connectivity index (χ3n) is 2.53. The van der Waals surface area contributed by atoms with Crippen LogP contribution in [0.4, 0.5) is 5.13 Å². The molecule has 1 aromatic heterocycles. The molecule has 6 nitrogen and oxygen atoms in total. The van der Waals surface area contributed by atoms with Crippen molar-refractivity contribution in [1.29, 1.82) is 0 Å². The normalized spacial score (nSPS) is 11.7. The highest BCUT2D eigenvalue weighted by Crippen LogP contribution is 2.13. The summed E-state index contributed by atoms with van der Waals surface area (Å²) in [6, 6.07) is 8.08. The Bertz CT molecular complexity index is 612. The molecule has 0 spiro atoms. The molecule has 104 valence electrons. The first-order chi connectivity index (χ1) is 9.56. The minimum atomic E-state index is -0.660. The van der Waals surface area contributed by atoms with Crippen molar-refractivity contribution < 1.29 is 9.59 Å². The molecule has 0 aliphatic carbocycles. The highest BCUT2D eigenvalue weighted by Gasteiger charge is 2.17. The molecule has 7 heteroatoms. The van der Waals surface area contributed by atoms with Gasteiger partial charge in [0.15, 0.2) is 0 Å². The molecule has 1 unspecified atom stereocenters. The SMILES string of the molecule is Cc1nnc(NC(=O)C(C)NC(=O)c2ccccc2)s1. The molecule has 2 rings (SSSR count). The van der Waals surface area contributed by atoms with Crippen LogP contribution in [0, 0.1) is 6.92 Å². The summed E-state index contributed by atoms with van der Waals surface area (Å²) in [6.07, 6.45) is 0. The van der Waals surface area contributed by atoms with Crippen LogP contribution in [-0.2, 0) is 4.79 Å². The van der Waals surface area contributed by atoms with Crippen molar-refractivity contribution >= 4 is 28.3 Å². The number of rotatable bonds is 4. The van der Waals surface area contributed by atoms with E-state index in [-0.39, 0.29) is 11.8 Å². The molecule has 1 heterocycles. The quantitative estimate of drug-likeness (QED) is 0.896. The minimum Gasteiger partial charge on any atom is -0.341 e. The van der Waals surface area contributed by atoms with E-state index >= 15 is 0 Å². The van der Waals surface area contributed by atoms with Crippen LogP contribution >= 0.6 is 11.3 Å². The number of hydrogen-bond donors (Lipinski definition) is 2. The molecule has 0 saturated heterocycles. The first-order valence-corrected chi connectivity index (χ1v) is 6.85. The molecule has 1 atom stereocenters. The van der Waals surface area contributed by atoms with Gasteiger partial charge in [-0.1, -0.05) is 29.5 Å². The van der Waals surface area contributed by atoms with Crippen LogP contribution in [0.2, 0.25) is 0 Å². The van der Waals surface area contributed by atoms with E-state index in [1.807, 2.05) is 6.07 Å². The van der Waals surface area contributed by atoms with E-state index in [4.69, 9.17) is 0 Å². The topological polar surface area (TPSA) is 84.0 Å². The Hall–Kier alpha value is -2.28. The third kappa shape index (κ3) is 3.61. The van der Waals surface area contributed by atoms with E-state index in [0.29, 0.717) is 10.7 Å². The predicted molar refractivity (Wildman–Crippen MR) is 76.6 cm³/mol. The predicted octanol–water partition coefficient (Wildman–Crippen LogP) is 1.60. The van der Waals surface area contributed by atoms with E-state index in [2.05, 4.69) is 20.8 Å². The maximum atomic E-state index is 11.9. The standard InChI is InChI=1S/C13H14N4O2S/c1-8(11(18)15-13-17-16-9(2)20-13)14-12(19)10-6-4-3-5-7-10/h3-8H,1-2H3,(H,14,19)(H,15,17,18). The molecule has 20 heavy (non-hydrogen) atoms. The summed E-state index contributed by atoms with van der Waals surface area (Å²) in [5.41, 5.74) is 0.513. The fourth-order valence-electron chi connectivity index (χ4n) is 1.50. The van der Waals surface area contributed by atoms with Gasteiger partial charge in [0.25, 0.3) is 5.91 Å². The van der Waals surface area contributed by atoms with Gasteiger partial charge in [0.1, 0.15) is 11.0 Å². The van der Waals surface area contributed by atoms with Crippen LogP contribution in [0.15, 0.2) is 30.3 Å². The summed E-state index contributed by atoms with van der Waals surface area (Å²) in [5.74, 6) is -0.618. The van der Waals surface area contributed by atoms with Crippen LogP contribution in [0.5, 0.6) is 0 Å². The lowest BCUT2D eigenvalue weighted by atomic mass is 10.2. The van der Waals surface area contributed by atoms with E-state index in [1.165, 1.54) is 11.3 Å². The molecule has 0 saturated carbocycles. The van der Waals surface area contributed by atoms with E-state index in [0.717, 1.165) is 5.01 Å². The number of aromatic nitrogens is 2. The third-order valence-corrected chi connectivity index (χ3v) is 3.29. The van der Waals surface area contributed by atoms with Crippen LogP contribution in [-0.4, -0.2) is 28.1 Å². The fourth-order valence-corrected chi connectivity index (χ4v) is 2.09. The number of carbonyl (C=O) groups excluding carboxylic acids is 2. The molecule has 0 aliphatic heterocycles. The Morgan fingerprint density at radius 3 is 2.50 bits per heavy atom. The Morgan fingerprint density at radius 1 is 1.20 bits per heavy atom. The minimum absolute atomic E-state index is 0.290. The molecule has 2 N–H and O–H groups in total. The second kappa shape index (κ2) is 6.25.